The van der Waals surface area contributed by atoms with E-state index in [4.69, 9.17) is 5.73 Å². The fourth-order valence-corrected chi connectivity index (χ4v) is 3.63. The van der Waals surface area contributed by atoms with Crippen LogP contribution < -0.4 is 5.73 Å². The van der Waals surface area contributed by atoms with Gasteiger partial charge in [-0.2, -0.15) is 0 Å². The van der Waals surface area contributed by atoms with Gasteiger partial charge in [0.2, 0.25) is 0 Å². The number of nitrogens with zero attached hydrogens (tertiary/aromatic N) is 1. The molecule has 0 aliphatic heterocycles. The van der Waals surface area contributed by atoms with Gasteiger partial charge < -0.3 is 5.73 Å². The lowest BCUT2D eigenvalue weighted by Gasteiger charge is -2.28. The number of rotatable bonds is 3. The third-order valence-corrected chi connectivity index (χ3v) is 4.64. The number of fused-ring (bicyclic) bond motifs is 1. The maximum absolute atomic E-state index is 6.47. The molecule has 1 aromatic heterocycles. The Morgan fingerprint density at radius 1 is 1.29 bits per heavy atom. The molecule has 0 radical (unpaired) electrons. The zero-order chi connectivity index (χ0) is 14.8. The summed E-state index contributed by atoms with van der Waals surface area (Å²) in [5.41, 5.74) is 13.0. The Hall–Kier alpha value is -1.67. The number of hydrogen-bond acceptors (Lipinski definition) is 2. The lowest BCUT2D eigenvalue weighted by molar-refractivity contribution is 0.470. The van der Waals surface area contributed by atoms with Crippen molar-refractivity contribution in [2.45, 2.75) is 51.5 Å². The molecule has 2 unspecified atom stereocenters. The van der Waals surface area contributed by atoms with Crippen molar-refractivity contribution in [3.8, 4) is 0 Å². The van der Waals surface area contributed by atoms with E-state index in [1.54, 1.807) is 0 Å². The van der Waals surface area contributed by atoms with Crippen LogP contribution in [-0.4, -0.2) is 4.98 Å². The van der Waals surface area contributed by atoms with Crippen LogP contribution in [0.5, 0.6) is 0 Å². The van der Waals surface area contributed by atoms with Crippen molar-refractivity contribution < 1.29 is 0 Å². The van der Waals surface area contributed by atoms with Crippen LogP contribution in [0.2, 0.25) is 0 Å². The molecule has 21 heavy (non-hydrogen) atoms. The minimum absolute atomic E-state index is 0.0294. The maximum Gasteiger partial charge on any atom is 0.0600 e. The van der Waals surface area contributed by atoms with Crippen LogP contribution in [0.4, 0.5) is 0 Å². The van der Waals surface area contributed by atoms with E-state index >= 15 is 0 Å². The molecule has 2 heteroatoms. The van der Waals surface area contributed by atoms with Crippen LogP contribution in [-0.2, 0) is 6.42 Å². The van der Waals surface area contributed by atoms with Gasteiger partial charge in [-0.3, -0.25) is 4.98 Å². The maximum atomic E-state index is 6.47. The first-order valence-electron chi connectivity index (χ1n) is 7.91. The first kappa shape index (κ1) is 14.3. The largest absolute Gasteiger partial charge is 0.323 e. The molecule has 0 saturated heterocycles. The normalized spacial score (nSPS) is 19.1. The van der Waals surface area contributed by atoms with E-state index < -0.39 is 0 Å². The summed E-state index contributed by atoms with van der Waals surface area (Å²) in [5, 5.41) is 0. The summed E-state index contributed by atoms with van der Waals surface area (Å²) < 4.78 is 0. The molecule has 2 atom stereocenters. The number of nitrogens with two attached hydrogens (primary N) is 1. The Morgan fingerprint density at radius 2 is 2.10 bits per heavy atom. The lowest BCUT2D eigenvalue weighted by Crippen LogP contribution is -2.19. The molecule has 2 N–H and O–H groups in total. The Morgan fingerprint density at radius 3 is 2.90 bits per heavy atom. The van der Waals surface area contributed by atoms with E-state index in [1.165, 1.54) is 41.5 Å². The summed E-state index contributed by atoms with van der Waals surface area (Å²) in [7, 11) is 0. The minimum atomic E-state index is 0.0294. The summed E-state index contributed by atoms with van der Waals surface area (Å²) in [6.45, 7) is 4.19. The smallest absolute Gasteiger partial charge is 0.0600 e. The minimum Gasteiger partial charge on any atom is -0.323 e. The highest BCUT2D eigenvalue weighted by molar-refractivity contribution is 5.33. The van der Waals surface area contributed by atoms with Crippen molar-refractivity contribution in [3.05, 3.63) is 64.5 Å². The molecule has 0 spiro atoms. The summed E-state index contributed by atoms with van der Waals surface area (Å²) in [6, 6.07) is 11.0. The molecule has 1 aliphatic rings. The number of aryl methyl sites for hydroxylation is 3. The van der Waals surface area contributed by atoms with Gasteiger partial charge in [0.15, 0.2) is 0 Å². The highest BCUT2D eigenvalue weighted by Crippen LogP contribution is 2.37. The summed E-state index contributed by atoms with van der Waals surface area (Å²) >= 11 is 0. The van der Waals surface area contributed by atoms with Gasteiger partial charge in [-0.25, -0.2) is 0 Å². The van der Waals surface area contributed by atoms with Crippen LogP contribution in [0.3, 0.4) is 0 Å². The molecule has 0 amide bonds. The van der Waals surface area contributed by atoms with Crippen molar-refractivity contribution >= 4 is 0 Å². The van der Waals surface area contributed by atoms with E-state index in [0.717, 1.165) is 12.1 Å². The highest BCUT2D eigenvalue weighted by Gasteiger charge is 2.23. The van der Waals surface area contributed by atoms with E-state index in [0.29, 0.717) is 5.92 Å². The molecule has 2 aromatic rings. The second kappa shape index (κ2) is 5.98. The molecule has 0 bridgehead atoms. The van der Waals surface area contributed by atoms with Crippen molar-refractivity contribution in [1.82, 2.24) is 4.98 Å². The third kappa shape index (κ3) is 3.01. The zero-order valence-electron chi connectivity index (χ0n) is 13.0. The highest BCUT2D eigenvalue weighted by atomic mass is 14.8. The van der Waals surface area contributed by atoms with Gasteiger partial charge in [0, 0.05) is 12.2 Å². The van der Waals surface area contributed by atoms with Crippen molar-refractivity contribution in [1.29, 1.82) is 0 Å². The van der Waals surface area contributed by atoms with Crippen LogP contribution >= 0.6 is 0 Å². The number of benzene rings is 1. The topological polar surface area (TPSA) is 38.9 Å². The molecular formula is C19H24N2. The summed E-state index contributed by atoms with van der Waals surface area (Å²) in [6.07, 6.45) is 6.65. The van der Waals surface area contributed by atoms with Gasteiger partial charge in [0.05, 0.1) is 5.69 Å². The predicted molar refractivity (Wildman–Crippen MR) is 87.4 cm³/mol. The molecule has 1 heterocycles. The molecule has 2 nitrogen and oxygen atoms in total. The molecule has 1 aromatic carbocycles. The van der Waals surface area contributed by atoms with E-state index in [9.17, 15) is 0 Å². The Bertz CT molecular complexity index is 633. The first-order valence-corrected chi connectivity index (χ1v) is 7.91. The van der Waals surface area contributed by atoms with Gasteiger partial charge in [0.1, 0.15) is 0 Å². The van der Waals surface area contributed by atoms with Crippen LogP contribution in [0.1, 0.15) is 59.2 Å². The standard InChI is InChI=1S/C19H24N2/c1-13-10-14(2)19(21-12-13)18(20)11-16-8-5-7-15-6-3-4-9-17(15)16/h3-4,6,9-10,12,16,18H,5,7-8,11,20H2,1-2H3. The summed E-state index contributed by atoms with van der Waals surface area (Å²) in [5.74, 6) is 0.576. The molecule has 1 aliphatic carbocycles. The predicted octanol–water partition coefficient (Wildman–Crippen LogP) is 4.21. The Balaban J connectivity index is 1.81. The monoisotopic (exact) mass is 280 g/mol. The molecule has 3 rings (SSSR count). The average molecular weight is 280 g/mol. The van der Waals surface area contributed by atoms with Crippen molar-refractivity contribution in [3.63, 3.8) is 0 Å². The first-order chi connectivity index (χ1) is 10.1. The molecule has 110 valence electrons. The van der Waals surface area contributed by atoms with Crippen LogP contribution in [0.15, 0.2) is 36.5 Å². The van der Waals surface area contributed by atoms with E-state index in [2.05, 4.69) is 49.2 Å². The van der Waals surface area contributed by atoms with Gasteiger partial charge in [-0.15, -0.1) is 0 Å². The number of pyridine rings is 1. The molecule has 0 fully saturated rings. The average Bonchev–Trinajstić information content (AvgIpc) is 2.47. The van der Waals surface area contributed by atoms with Crippen molar-refractivity contribution in [2.75, 3.05) is 0 Å². The second-order valence-corrected chi connectivity index (χ2v) is 6.34. The fraction of sp³-hybridized carbons (Fsp3) is 0.421. The third-order valence-electron chi connectivity index (χ3n) is 4.64. The van der Waals surface area contributed by atoms with Gasteiger partial charge in [0.25, 0.3) is 0 Å². The quantitative estimate of drug-likeness (QED) is 0.914. The number of hydrogen-bond donors (Lipinski definition) is 1. The Labute approximate surface area is 127 Å². The second-order valence-electron chi connectivity index (χ2n) is 6.34. The van der Waals surface area contributed by atoms with Gasteiger partial charge in [-0.05, 0) is 67.7 Å². The molecular weight excluding hydrogens is 256 g/mol. The van der Waals surface area contributed by atoms with Crippen LogP contribution in [0.25, 0.3) is 0 Å². The van der Waals surface area contributed by atoms with Crippen molar-refractivity contribution in [2.24, 2.45) is 5.73 Å². The van der Waals surface area contributed by atoms with Crippen LogP contribution in [0, 0.1) is 13.8 Å². The molecule has 0 saturated carbocycles. The zero-order valence-corrected chi connectivity index (χ0v) is 13.0. The lowest BCUT2D eigenvalue weighted by atomic mass is 9.79. The van der Waals surface area contributed by atoms with Gasteiger partial charge >= 0.3 is 0 Å². The SMILES string of the molecule is Cc1cnc(C(N)CC2CCCc3ccccc32)c(C)c1. The fourth-order valence-electron chi connectivity index (χ4n) is 3.63. The van der Waals surface area contributed by atoms with Gasteiger partial charge in [-0.1, -0.05) is 30.3 Å². The number of aromatic nitrogens is 1. The summed E-state index contributed by atoms with van der Waals surface area (Å²) in [4.78, 5) is 4.57. The Kier molecular flexibility index (Phi) is 4.07. The van der Waals surface area contributed by atoms with E-state index in [-0.39, 0.29) is 6.04 Å². The van der Waals surface area contributed by atoms with E-state index in [1.807, 2.05) is 6.20 Å².